The van der Waals surface area contributed by atoms with Crippen LogP contribution in [0.2, 0.25) is 0 Å². The van der Waals surface area contributed by atoms with Gasteiger partial charge in [0.25, 0.3) is 0 Å². The van der Waals surface area contributed by atoms with Gasteiger partial charge in [-0.15, -0.1) is 6.42 Å². The molecule has 1 aliphatic rings. The SMILES string of the molecule is C#Cc1cc(NCC[N+](C)(C)O)c2c(c1NCC[N+](C)(C)O)C(=O)c1c(O)ccc(O)c1C2=O. The van der Waals surface area contributed by atoms with Crippen LogP contribution in [0.25, 0.3) is 0 Å². The van der Waals surface area contributed by atoms with Crippen molar-refractivity contribution in [1.29, 1.82) is 0 Å². The number of carbonyl (C=O) groups excluding carboxylic acids is 2. The standard InChI is InChI=1S/C24H28N4O6/c1-6-14-13-15(25-9-11-27(2,3)33)18-21(22(14)26-10-12-28(4,5)34)24(32)20-17(30)8-7-16(29)19(20)23(18)31/h1,7-8,13,33-34H,9-12H2,2-5H3,(H2-2,25,26,29,30,31,32)/p+2. The summed E-state index contributed by atoms with van der Waals surface area (Å²) >= 11 is 0. The zero-order chi connectivity index (χ0) is 25.4. The summed E-state index contributed by atoms with van der Waals surface area (Å²) in [4.78, 5) is 27.2. The Morgan fingerprint density at radius 1 is 0.824 bits per heavy atom. The van der Waals surface area contributed by atoms with E-state index in [1.165, 1.54) is 0 Å². The lowest BCUT2D eigenvalue weighted by molar-refractivity contribution is -1.07. The molecular formula is C24H30N4O6+2. The average Bonchev–Trinajstić information content (AvgIpc) is 2.71. The highest BCUT2D eigenvalue weighted by Gasteiger charge is 2.39. The van der Waals surface area contributed by atoms with Gasteiger partial charge in [-0.2, -0.15) is 9.29 Å². The molecule has 0 saturated heterocycles. The summed E-state index contributed by atoms with van der Waals surface area (Å²) in [6, 6.07) is 3.85. The monoisotopic (exact) mass is 470 g/mol. The lowest BCUT2D eigenvalue weighted by atomic mass is 9.80. The topological polar surface area (TPSA) is 139 Å². The minimum absolute atomic E-state index is 0.000828. The quantitative estimate of drug-likeness (QED) is 0.126. The third-order valence-electron chi connectivity index (χ3n) is 5.49. The largest absolute Gasteiger partial charge is 0.507 e. The number of hydroxylamine groups is 6. The second-order valence-electron chi connectivity index (χ2n) is 9.30. The minimum Gasteiger partial charge on any atom is -0.507 e. The number of likely N-dealkylation sites (N-methyl/N-ethyl adjacent to an activating group) is 2. The Labute approximate surface area is 197 Å². The first-order valence-electron chi connectivity index (χ1n) is 10.7. The number of fused-ring (bicyclic) bond motifs is 2. The fraction of sp³-hybridized carbons (Fsp3) is 0.333. The number of carbonyl (C=O) groups is 2. The van der Waals surface area contributed by atoms with Gasteiger partial charge >= 0.3 is 0 Å². The summed E-state index contributed by atoms with van der Waals surface area (Å²) in [6.07, 6.45) is 5.74. The van der Waals surface area contributed by atoms with Crippen molar-refractivity contribution in [1.82, 2.24) is 0 Å². The molecule has 0 heterocycles. The van der Waals surface area contributed by atoms with Gasteiger partial charge in [0.05, 0.1) is 74.8 Å². The van der Waals surface area contributed by atoms with Gasteiger partial charge in [0, 0.05) is 5.69 Å². The van der Waals surface area contributed by atoms with Crippen LogP contribution in [-0.2, 0) is 0 Å². The van der Waals surface area contributed by atoms with Crippen molar-refractivity contribution in [3.8, 4) is 23.8 Å². The third kappa shape index (κ3) is 4.98. The molecule has 6 N–H and O–H groups in total. The van der Waals surface area contributed by atoms with Gasteiger partial charge in [-0.05, 0) is 18.2 Å². The predicted octanol–water partition coefficient (Wildman–Crippen LogP) is 1.61. The van der Waals surface area contributed by atoms with Crippen LogP contribution in [0.3, 0.4) is 0 Å². The summed E-state index contributed by atoms with van der Waals surface area (Å²) in [5.41, 5.74) is 0.177. The molecule has 0 saturated carbocycles. The second-order valence-corrected chi connectivity index (χ2v) is 9.30. The maximum absolute atomic E-state index is 13.6. The van der Waals surface area contributed by atoms with Crippen molar-refractivity contribution in [2.75, 3.05) is 65.0 Å². The number of rotatable bonds is 8. The Morgan fingerprint density at radius 2 is 1.29 bits per heavy atom. The van der Waals surface area contributed by atoms with E-state index in [-0.39, 0.29) is 69.1 Å². The van der Waals surface area contributed by atoms with Gasteiger partial charge < -0.3 is 20.8 Å². The van der Waals surface area contributed by atoms with E-state index in [9.17, 15) is 30.2 Å². The second kappa shape index (κ2) is 8.96. The first-order chi connectivity index (χ1) is 15.7. The number of phenolic OH excluding ortho intramolecular Hbond substituents is 2. The maximum atomic E-state index is 13.6. The summed E-state index contributed by atoms with van der Waals surface area (Å²) < 4.78 is -0.657. The predicted molar refractivity (Wildman–Crippen MR) is 126 cm³/mol. The first-order valence-corrected chi connectivity index (χ1v) is 10.7. The highest BCUT2D eigenvalue weighted by molar-refractivity contribution is 6.33. The number of hydrogen-bond acceptors (Lipinski definition) is 8. The molecule has 3 rings (SSSR count). The molecule has 34 heavy (non-hydrogen) atoms. The van der Waals surface area contributed by atoms with Crippen LogP contribution in [0.1, 0.15) is 37.4 Å². The molecule has 0 spiro atoms. The number of hydrogen-bond donors (Lipinski definition) is 6. The van der Waals surface area contributed by atoms with E-state index in [1.54, 1.807) is 34.3 Å². The lowest BCUT2D eigenvalue weighted by Gasteiger charge is -2.27. The summed E-state index contributed by atoms with van der Waals surface area (Å²) in [5, 5.41) is 46.8. The van der Waals surface area contributed by atoms with Gasteiger partial charge in [0.2, 0.25) is 11.6 Å². The van der Waals surface area contributed by atoms with Crippen LogP contribution < -0.4 is 10.6 Å². The molecule has 0 bridgehead atoms. The van der Waals surface area contributed by atoms with Gasteiger partial charge in [0.1, 0.15) is 24.6 Å². The highest BCUT2D eigenvalue weighted by atomic mass is 16.5. The fourth-order valence-electron chi connectivity index (χ4n) is 3.79. The van der Waals surface area contributed by atoms with Gasteiger partial charge in [-0.25, -0.2) is 10.4 Å². The van der Waals surface area contributed by atoms with E-state index < -0.39 is 23.1 Å². The van der Waals surface area contributed by atoms with Crippen molar-refractivity contribution in [2.45, 2.75) is 0 Å². The molecule has 10 nitrogen and oxygen atoms in total. The van der Waals surface area contributed by atoms with Crippen LogP contribution in [0.4, 0.5) is 11.4 Å². The van der Waals surface area contributed by atoms with Crippen molar-refractivity contribution in [3.05, 3.63) is 46.0 Å². The molecule has 1 aliphatic carbocycles. The van der Waals surface area contributed by atoms with E-state index in [2.05, 4.69) is 16.6 Å². The number of ketones is 2. The zero-order valence-electron chi connectivity index (χ0n) is 19.6. The Kier molecular flexibility index (Phi) is 6.59. The number of benzene rings is 2. The van der Waals surface area contributed by atoms with E-state index >= 15 is 0 Å². The van der Waals surface area contributed by atoms with Gasteiger partial charge in [-0.1, -0.05) is 5.92 Å². The van der Waals surface area contributed by atoms with Gasteiger partial charge in [0.15, 0.2) is 0 Å². The number of quaternary nitrogens is 2. The number of nitrogens with one attached hydrogen (secondary N) is 2. The fourth-order valence-corrected chi connectivity index (χ4v) is 3.79. The Bertz CT molecular complexity index is 1200. The smallest absolute Gasteiger partial charge is 0.200 e. The molecule has 2 aromatic carbocycles. The maximum Gasteiger partial charge on any atom is 0.200 e. The van der Waals surface area contributed by atoms with Crippen LogP contribution in [0, 0.1) is 12.3 Å². The van der Waals surface area contributed by atoms with Gasteiger partial charge in [-0.3, -0.25) is 9.59 Å². The zero-order valence-corrected chi connectivity index (χ0v) is 19.6. The molecule has 0 aliphatic heterocycles. The normalized spacial score (nSPS) is 13.2. The number of phenols is 2. The van der Waals surface area contributed by atoms with E-state index in [0.29, 0.717) is 5.56 Å². The molecule has 0 unspecified atom stereocenters. The van der Waals surface area contributed by atoms with E-state index in [4.69, 9.17) is 6.42 Å². The number of terminal acetylenes is 1. The number of aromatic hydroxyl groups is 2. The van der Waals surface area contributed by atoms with Crippen molar-refractivity contribution < 1.29 is 39.5 Å². The van der Waals surface area contributed by atoms with Crippen LogP contribution in [-0.4, -0.2) is 95.9 Å². The molecule has 0 aromatic heterocycles. The Hall–Kier alpha value is -3.62. The molecule has 0 atom stereocenters. The van der Waals surface area contributed by atoms with E-state index in [1.807, 2.05) is 0 Å². The van der Waals surface area contributed by atoms with Crippen LogP contribution in [0.5, 0.6) is 11.5 Å². The Balaban J connectivity index is 2.21. The third-order valence-corrected chi connectivity index (χ3v) is 5.49. The molecule has 0 fully saturated rings. The molecule has 0 amide bonds. The highest BCUT2D eigenvalue weighted by Crippen LogP contribution is 2.43. The summed E-state index contributed by atoms with van der Waals surface area (Å²) in [6.45, 7) is 1.04. The number of anilines is 2. The first kappa shape index (κ1) is 25.0. The molecule has 0 radical (unpaired) electrons. The van der Waals surface area contributed by atoms with Crippen molar-refractivity contribution in [3.63, 3.8) is 0 Å². The molecule has 180 valence electrons. The average molecular weight is 471 g/mol. The van der Waals surface area contributed by atoms with Crippen LogP contribution >= 0.6 is 0 Å². The molecular weight excluding hydrogens is 440 g/mol. The van der Waals surface area contributed by atoms with Crippen molar-refractivity contribution in [2.24, 2.45) is 0 Å². The Morgan fingerprint density at radius 3 is 1.76 bits per heavy atom. The molecule has 10 heteroatoms. The van der Waals surface area contributed by atoms with Crippen molar-refractivity contribution >= 4 is 22.9 Å². The lowest BCUT2D eigenvalue weighted by Crippen LogP contribution is -2.40. The molecule has 2 aromatic rings. The van der Waals surface area contributed by atoms with E-state index in [0.717, 1.165) is 12.1 Å². The summed E-state index contributed by atoms with van der Waals surface area (Å²) in [7, 11) is 6.34. The minimum atomic E-state index is -0.670. The number of nitrogens with zero attached hydrogens (tertiary/aromatic N) is 2. The van der Waals surface area contributed by atoms with Crippen LogP contribution in [0.15, 0.2) is 18.2 Å². The summed E-state index contributed by atoms with van der Waals surface area (Å²) in [5.74, 6) is 0.348.